The summed E-state index contributed by atoms with van der Waals surface area (Å²) in [5.74, 6) is 1.01. The maximum atomic E-state index is 5.58. The molecule has 0 aliphatic carbocycles. The van der Waals surface area contributed by atoms with Crippen LogP contribution >= 0.6 is 11.6 Å². The molecule has 0 atom stereocenters. The van der Waals surface area contributed by atoms with Crippen molar-refractivity contribution in [1.29, 1.82) is 0 Å². The van der Waals surface area contributed by atoms with Crippen LogP contribution in [0.3, 0.4) is 0 Å². The molecule has 2 heterocycles. The van der Waals surface area contributed by atoms with Gasteiger partial charge in [0.2, 0.25) is 5.89 Å². The number of pyridine rings is 1. The lowest BCUT2D eigenvalue weighted by Gasteiger charge is -2.01. The van der Waals surface area contributed by atoms with E-state index in [0.717, 1.165) is 11.4 Å². The summed E-state index contributed by atoms with van der Waals surface area (Å²) in [7, 11) is 0. The van der Waals surface area contributed by atoms with Crippen LogP contribution in [0.25, 0.3) is 0 Å². The molecule has 5 nitrogen and oxygen atoms in total. The first-order chi connectivity index (χ1) is 8.28. The summed E-state index contributed by atoms with van der Waals surface area (Å²) >= 11 is 5.58. The molecule has 0 saturated heterocycles. The highest BCUT2D eigenvalue weighted by Crippen LogP contribution is 2.08. The van der Waals surface area contributed by atoms with E-state index < -0.39 is 0 Å². The van der Waals surface area contributed by atoms with Crippen molar-refractivity contribution in [2.45, 2.75) is 19.9 Å². The zero-order valence-electron chi connectivity index (χ0n) is 9.48. The first kappa shape index (κ1) is 11.9. The van der Waals surface area contributed by atoms with Crippen molar-refractivity contribution < 1.29 is 4.42 Å². The molecule has 0 aromatic carbocycles. The van der Waals surface area contributed by atoms with E-state index in [1.54, 1.807) is 0 Å². The Bertz CT molecular complexity index is 486. The zero-order chi connectivity index (χ0) is 12.1. The van der Waals surface area contributed by atoms with Crippen molar-refractivity contribution in [3.05, 3.63) is 35.5 Å². The largest absolute Gasteiger partial charge is 0.408 e. The van der Waals surface area contributed by atoms with E-state index in [0.29, 0.717) is 30.8 Å². The molecule has 17 heavy (non-hydrogen) atoms. The highest BCUT2D eigenvalue weighted by atomic mass is 35.5. The SMILES string of the molecule is Cc1cccc(CNc2nnc(CCCl)o2)n1. The van der Waals surface area contributed by atoms with E-state index in [2.05, 4.69) is 20.5 Å². The third-order valence-electron chi connectivity index (χ3n) is 2.14. The van der Waals surface area contributed by atoms with Crippen LogP contribution in [0.5, 0.6) is 0 Å². The number of aromatic nitrogens is 3. The Kier molecular flexibility index (Phi) is 3.93. The molecule has 2 aromatic heterocycles. The number of halogens is 1. The maximum Gasteiger partial charge on any atom is 0.315 e. The standard InChI is InChI=1S/C11H13ClN4O/c1-8-3-2-4-9(14-8)7-13-11-16-15-10(17-11)5-6-12/h2-4H,5-7H2,1H3,(H,13,16). The molecule has 0 aliphatic rings. The summed E-state index contributed by atoms with van der Waals surface area (Å²) < 4.78 is 5.33. The van der Waals surface area contributed by atoms with Gasteiger partial charge >= 0.3 is 6.01 Å². The number of hydrogen-bond donors (Lipinski definition) is 1. The number of alkyl halides is 1. The fourth-order valence-electron chi connectivity index (χ4n) is 1.37. The second-order valence-electron chi connectivity index (χ2n) is 3.56. The lowest BCUT2D eigenvalue weighted by atomic mass is 10.3. The quantitative estimate of drug-likeness (QED) is 0.827. The van der Waals surface area contributed by atoms with Crippen LogP contribution in [-0.4, -0.2) is 21.1 Å². The maximum absolute atomic E-state index is 5.58. The molecule has 0 bridgehead atoms. The molecule has 0 fully saturated rings. The summed E-state index contributed by atoms with van der Waals surface area (Å²) in [6, 6.07) is 6.25. The molecule has 0 saturated carbocycles. The molecular weight excluding hydrogens is 240 g/mol. The Balaban J connectivity index is 1.93. The van der Waals surface area contributed by atoms with Crippen LogP contribution in [0.4, 0.5) is 6.01 Å². The smallest absolute Gasteiger partial charge is 0.315 e. The molecule has 0 aliphatic heterocycles. The Morgan fingerprint density at radius 1 is 1.35 bits per heavy atom. The van der Waals surface area contributed by atoms with Crippen molar-refractivity contribution >= 4 is 17.6 Å². The summed E-state index contributed by atoms with van der Waals surface area (Å²) in [5.41, 5.74) is 1.92. The third kappa shape index (κ3) is 3.42. The Morgan fingerprint density at radius 2 is 2.24 bits per heavy atom. The minimum atomic E-state index is 0.397. The van der Waals surface area contributed by atoms with Crippen LogP contribution < -0.4 is 5.32 Å². The van der Waals surface area contributed by atoms with Gasteiger partial charge in [0.05, 0.1) is 12.2 Å². The van der Waals surface area contributed by atoms with E-state index >= 15 is 0 Å². The summed E-state index contributed by atoms with van der Waals surface area (Å²) in [6.07, 6.45) is 0.582. The molecular formula is C11H13ClN4O. The van der Waals surface area contributed by atoms with E-state index in [1.807, 2.05) is 25.1 Å². The minimum Gasteiger partial charge on any atom is -0.408 e. The molecule has 0 spiro atoms. The van der Waals surface area contributed by atoms with Gasteiger partial charge in [-0.2, -0.15) is 0 Å². The number of anilines is 1. The third-order valence-corrected chi connectivity index (χ3v) is 2.33. The van der Waals surface area contributed by atoms with Gasteiger partial charge < -0.3 is 9.73 Å². The molecule has 6 heteroatoms. The van der Waals surface area contributed by atoms with E-state index in [4.69, 9.17) is 16.0 Å². The number of rotatable bonds is 5. The number of nitrogens with one attached hydrogen (secondary N) is 1. The van der Waals surface area contributed by atoms with Crippen molar-refractivity contribution in [2.75, 3.05) is 11.2 Å². The van der Waals surface area contributed by atoms with Gasteiger partial charge in [0, 0.05) is 18.0 Å². The van der Waals surface area contributed by atoms with Gasteiger partial charge in [-0.05, 0) is 19.1 Å². The predicted molar refractivity (Wildman–Crippen MR) is 65.0 cm³/mol. The van der Waals surface area contributed by atoms with Crippen LogP contribution in [-0.2, 0) is 13.0 Å². The Labute approximate surface area is 104 Å². The number of aryl methyl sites for hydroxylation is 2. The highest BCUT2D eigenvalue weighted by Gasteiger charge is 2.05. The number of nitrogens with zero attached hydrogens (tertiary/aromatic N) is 3. The Morgan fingerprint density at radius 3 is 3.00 bits per heavy atom. The predicted octanol–water partition coefficient (Wildman–Crippen LogP) is 2.17. The van der Waals surface area contributed by atoms with Crippen LogP contribution in [0, 0.1) is 6.92 Å². The zero-order valence-corrected chi connectivity index (χ0v) is 10.2. The summed E-state index contributed by atoms with van der Waals surface area (Å²) in [6.45, 7) is 2.51. The average Bonchev–Trinajstić information content (AvgIpc) is 2.75. The monoisotopic (exact) mass is 252 g/mol. The summed E-state index contributed by atoms with van der Waals surface area (Å²) in [4.78, 5) is 4.36. The van der Waals surface area contributed by atoms with Gasteiger partial charge in [-0.15, -0.1) is 16.7 Å². The van der Waals surface area contributed by atoms with Crippen LogP contribution in [0.15, 0.2) is 22.6 Å². The average molecular weight is 253 g/mol. The Hall–Kier alpha value is -1.62. The van der Waals surface area contributed by atoms with Crippen LogP contribution in [0.1, 0.15) is 17.3 Å². The molecule has 0 radical (unpaired) electrons. The van der Waals surface area contributed by atoms with Gasteiger partial charge in [-0.25, -0.2) is 0 Å². The molecule has 0 unspecified atom stereocenters. The van der Waals surface area contributed by atoms with Gasteiger partial charge in [-0.1, -0.05) is 11.2 Å². The normalized spacial score (nSPS) is 10.5. The van der Waals surface area contributed by atoms with Crippen molar-refractivity contribution in [3.8, 4) is 0 Å². The molecule has 2 rings (SSSR count). The second-order valence-corrected chi connectivity index (χ2v) is 3.94. The van der Waals surface area contributed by atoms with E-state index in [9.17, 15) is 0 Å². The first-order valence-corrected chi connectivity index (χ1v) is 5.86. The molecule has 0 amide bonds. The van der Waals surface area contributed by atoms with E-state index in [-0.39, 0.29) is 0 Å². The number of hydrogen-bond acceptors (Lipinski definition) is 5. The summed E-state index contributed by atoms with van der Waals surface area (Å²) in [5, 5.41) is 10.7. The second kappa shape index (κ2) is 5.63. The van der Waals surface area contributed by atoms with Crippen molar-refractivity contribution in [1.82, 2.24) is 15.2 Å². The van der Waals surface area contributed by atoms with Gasteiger partial charge in [0.25, 0.3) is 0 Å². The first-order valence-electron chi connectivity index (χ1n) is 5.32. The fraction of sp³-hybridized carbons (Fsp3) is 0.364. The minimum absolute atomic E-state index is 0.397. The topological polar surface area (TPSA) is 63.8 Å². The fourth-order valence-corrected chi connectivity index (χ4v) is 1.53. The highest BCUT2D eigenvalue weighted by molar-refractivity contribution is 6.17. The van der Waals surface area contributed by atoms with Gasteiger partial charge in [0.15, 0.2) is 0 Å². The van der Waals surface area contributed by atoms with Gasteiger partial charge in [-0.3, -0.25) is 4.98 Å². The van der Waals surface area contributed by atoms with Crippen LogP contribution in [0.2, 0.25) is 0 Å². The van der Waals surface area contributed by atoms with E-state index in [1.165, 1.54) is 0 Å². The lowest BCUT2D eigenvalue weighted by Crippen LogP contribution is -2.02. The lowest BCUT2D eigenvalue weighted by molar-refractivity contribution is 0.512. The van der Waals surface area contributed by atoms with Gasteiger partial charge in [0.1, 0.15) is 0 Å². The van der Waals surface area contributed by atoms with Crippen molar-refractivity contribution in [3.63, 3.8) is 0 Å². The molecule has 2 aromatic rings. The molecule has 90 valence electrons. The molecule has 1 N–H and O–H groups in total. The van der Waals surface area contributed by atoms with Crippen molar-refractivity contribution in [2.24, 2.45) is 0 Å².